The average molecular weight is 260 g/mol. The summed E-state index contributed by atoms with van der Waals surface area (Å²) in [5, 5.41) is 3.76. The van der Waals surface area contributed by atoms with Crippen molar-refractivity contribution in [2.24, 2.45) is 0 Å². The van der Waals surface area contributed by atoms with E-state index < -0.39 is 0 Å². The lowest BCUT2D eigenvalue weighted by Gasteiger charge is -2.46. The third-order valence-corrected chi connectivity index (χ3v) is 4.36. The molecule has 0 saturated carbocycles. The minimum Gasteiger partial charge on any atom is -0.378 e. The molecule has 0 aliphatic carbocycles. The van der Waals surface area contributed by atoms with Crippen molar-refractivity contribution in [3.05, 3.63) is 35.9 Å². The second kappa shape index (κ2) is 5.61. The number of benzene rings is 1. The van der Waals surface area contributed by atoms with Crippen LogP contribution in [0.1, 0.15) is 25.3 Å². The van der Waals surface area contributed by atoms with E-state index in [0.29, 0.717) is 6.04 Å². The Labute approximate surface area is 115 Å². The van der Waals surface area contributed by atoms with Crippen molar-refractivity contribution >= 4 is 0 Å². The number of morpholine rings is 1. The van der Waals surface area contributed by atoms with Crippen LogP contribution >= 0.6 is 0 Å². The Morgan fingerprint density at radius 3 is 2.68 bits per heavy atom. The molecular formula is C16H24N2O. The highest BCUT2D eigenvalue weighted by atomic mass is 16.5. The van der Waals surface area contributed by atoms with Crippen LogP contribution in [0.2, 0.25) is 0 Å². The number of nitrogens with zero attached hydrogens (tertiary/aromatic N) is 1. The van der Waals surface area contributed by atoms with Crippen molar-refractivity contribution in [3.63, 3.8) is 0 Å². The Morgan fingerprint density at radius 1 is 1.26 bits per heavy atom. The molecule has 1 aromatic carbocycles. The summed E-state index contributed by atoms with van der Waals surface area (Å²) in [4.78, 5) is 2.56. The second-order valence-electron chi connectivity index (χ2n) is 6.10. The molecule has 0 bridgehead atoms. The van der Waals surface area contributed by atoms with Crippen LogP contribution in [0.3, 0.4) is 0 Å². The summed E-state index contributed by atoms with van der Waals surface area (Å²) in [5.41, 5.74) is 1.66. The Bertz CT molecular complexity index is 398. The Balaban J connectivity index is 1.54. The summed E-state index contributed by atoms with van der Waals surface area (Å²) in [6, 6.07) is 11.3. The number of hydrogen-bond donors (Lipinski definition) is 1. The van der Waals surface area contributed by atoms with Crippen molar-refractivity contribution in [2.45, 2.75) is 37.9 Å². The van der Waals surface area contributed by atoms with Gasteiger partial charge in [-0.1, -0.05) is 30.3 Å². The van der Waals surface area contributed by atoms with Crippen LogP contribution in [0.25, 0.3) is 0 Å². The lowest BCUT2D eigenvalue weighted by atomic mass is 9.86. The summed E-state index contributed by atoms with van der Waals surface area (Å²) in [6.45, 7) is 7.37. The van der Waals surface area contributed by atoms with Gasteiger partial charge < -0.3 is 10.1 Å². The van der Waals surface area contributed by atoms with Crippen LogP contribution in [0.4, 0.5) is 0 Å². The van der Waals surface area contributed by atoms with Gasteiger partial charge >= 0.3 is 0 Å². The minimum atomic E-state index is 0.241. The van der Waals surface area contributed by atoms with E-state index in [9.17, 15) is 0 Å². The number of piperidine rings is 1. The van der Waals surface area contributed by atoms with Crippen LogP contribution in [0.5, 0.6) is 0 Å². The molecule has 1 atom stereocenters. The number of ether oxygens (including phenoxy) is 1. The molecule has 1 aromatic rings. The quantitative estimate of drug-likeness (QED) is 0.880. The fraction of sp³-hybridized carbons (Fsp3) is 0.625. The standard InChI is InChI=1S/C16H24N2O/c1-14-12-19-13-16(17-14)7-9-18(10-8-16)11-15-5-3-2-4-6-15/h2-6,14,17H,7-13H2,1H3. The molecule has 3 rings (SSSR count). The third kappa shape index (κ3) is 3.16. The predicted molar refractivity (Wildman–Crippen MR) is 77.1 cm³/mol. The molecule has 2 aliphatic rings. The molecule has 0 radical (unpaired) electrons. The molecule has 19 heavy (non-hydrogen) atoms. The van der Waals surface area contributed by atoms with Crippen molar-refractivity contribution in [1.29, 1.82) is 0 Å². The molecule has 3 heteroatoms. The lowest BCUT2D eigenvalue weighted by Crippen LogP contribution is -2.62. The first-order valence-corrected chi connectivity index (χ1v) is 7.38. The fourth-order valence-electron chi connectivity index (χ4n) is 3.31. The molecule has 2 fully saturated rings. The number of rotatable bonds is 2. The molecule has 2 saturated heterocycles. The van der Waals surface area contributed by atoms with Gasteiger partial charge in [0.1, 0.15) is 0 Å². The maximum absolute atomic E-state index is 5.75. The first-order valence-electron chi connectivity index (χ1n) is 7.38. The van der Waals surface area contributed by atoms with Gasteiger partial charge in [0.25, 0.3) is 0 Å². The molecule has 1 spiro atoms. The lowest BCUT2D eigenvalue weighted by molar-refractivity contribution is -0.0265. The van der Waals surface area contributed by atoms with Gasteiger partial charge in [-0.05, 0) is 25.3 Å². The van der Waals surface area contributed by atoms with Crippen molar-refractivity contribution in [2.75, 3.05) is 26.3 Å². The van der Waals surface area contributed by atoms with E-state index in [1.807, 2.05) is 0 Å². The zero-order valence-corrected chi connectivity index (χ0v) is 11.8. The molecule has 1 unspecified atom stereocenters. The van der Waals surface area contributed by atoms with E-state index in [0.717, 1.165) is 32.8 Å². The fourth-order valence-corrected chi connectivity index (χ4v) is 3.31. The summed E-state index contributed by atoms with van der Waals surface area (Å²) in [6.07, 6.45) is 2.40. The van der Waals surface area contributed by atoms with Crippen molar-refractivity contribution in [3.8, 4) is 0 Å². The van der Waals surface area contributed by atoms with Gasteiger partial charge in [0.15, 0.2) is 0 Å². The van der Waals surface area contributed by atoms with Gasteiger partial charge in [-0.15, -0.1) is 0 Å². The summed E-state index contributed by atoms with van der Waals surface area (Å²) in [5.74, 6) is 0. The Morgan fingerprint density at radius 2 is 2.00 bits per heavy atom. The van der Waals surface area contributed by atoms with E-state index in [2.05, 4.69) is 47.5 Å². The van der Waals surface area contributed by atoms with E-state index in [4.69, 9.17) is 4.74 Å². The molecule has 2 heterocycles. The molecule has 0 amide bonds. The molecule has 2 aliphatic heterocycles. The van der Waals surface area contributed by atoms with Gasteiger partial charge in [0, 0.05) is 31.2 Å². The topological polar surface area (TPSA) is 24.5 Å². The maximum Gasteiger partial charge on any atom is 0.0650 e. The predicted octanol–water partition coefficient (Wildman–Crippen LogP) is 2.03. The van der Waals surface area contributed by atoms with Crippen LogP contribution in [0, 0.1) is 0 Å². The highest BCUT2D eigenvalue weighted by molar-refractivity contribution is 5.14. The van der Waals surface area contributed by atoms with E-state index >= 15 is 0 Å². The Kier molecular flexibility index (Phi) is 3.87. The maximum atomic E-state index is 5.75. The van der Waals surface area contributed by atoms with Crippen LogP contribution in [-0.2, 0) is 11.3 Å². The zero-order valence-electron chi connectivity index (χ0n) is 11.8. The molecular weight excluding hydrogens is 236 g/mol. The van der Waals surface area contributed by atoms with Gasteiger partial charge in [-0.3, -0.25) is 4.90 Å². The first-order chi connectivity index (χ1) is 9.26. The number of hydrogen-bond acceptors (Lipinski definition) is 3. The van der Waals surface area contributed by atoms with E-state index in [1.54, 1.807) is 0 Å². The van der Waals surface area contributed by atoms with Gasteiger partial charge in [0.2, 0.25) is 0 Å². The van der Waals surface area contributed by atoms with Crippen LogP contribution < -0.4 is 5.32 Å². The summed E-state index contributed by atoms with van der Waals surface area (Å²) in [7, 11) is 0. The van der Waals surface area contributed by atoms with Gasteiger partial charge in [0.05, 0.1) is 13.2 Å². The average Bonchev–Trinajstić information content (AvgIpc) is 2.43. The highest BCUT2D eigenvalue weighted by Crippen LogP contribution is 2.26. The van der Waals surface area contributed by atoms with Crippen LogP contribution in [0.15, 0.2) is 30.3 Å². The van der Waals surface area contributed by atoms with E-state index in [1.165, 1.54) is 18.4 Å². The van der Waals surface area contributed by atoms with Crippen molar-refractivity contribution in [1.82, 2.24) is 10.2 Å². The van der Waals surface area contributed by atoms with Gasteiger partial charge in [-0.2, -0.15) is 0 Å². The Hall–Kier alpha value is -0.900. The van der Waals surface area contributed by atoms with E-state index in [-0.39, 0.29) is 5.54 Å². The van der Waals surface area contributed by atoms with Crippen molar-refractivity contribution < 1.29 is 4.74 Å². The largest absolute Gasteiger partial charge is 0.378 e. The SMILES string of the molecule is CC1COCC2(CCN(Cc3ccccc3)CC2)N1. The first kappa shape index (κ1) is 13.1. The smallest absolute Gasteiger partial charge is 0.0650 e. The monoisotopic (exact) mass is 260 g/mol. The molecule has 104 valence electrons. The third-order valence-electron chi connectivity index (χ3n) is 4.36. The minimum absolute atomic E-state index is 0.241. The molecule has 3 nitrogen and oxygen atoms in total. The summed E-state index contributed by atoms with van der Waals surface area (Å²) < 4.78 is 5.75. The zero-order chi connectivity index (χ0) is 13.1. The summed E-state index contributed by atoms with van der Waals surface area (Å²) >= 11 is 0. The number of likely N-dealkylation sites (tertiary alicyclic amines) is 1. The van der Waals surface area contributed by atoms with Crippen LogP contribution in [-0.4, -0.2) is 42.8 Å². The normalized spacial score (nSPS) is 27.5. The van der Waals surface area contributed by atoms with Gasteiger partial charge in [-0.25, -0.2) is 0 Å². The molecule has 0 aromatic heterocycles. The highest BCUT2D eigenvalue weighted by Gasteiger charge is 2.38. The molecule has 1 N–H and O–H groups in total. The number of nitrogens with one attached hydrogen (secondary N) is 1. The second-order valence-corrected chi connectivity index (χ2v) is 6.10.